The SMILES string of the molecule is C=C(C(=O)C=O)[C@@]1(C=O)C=CC(OCC)=C(OC)C1. The zero-order valence-corrected chi connectivity index (χ0v) is 11.0. The molecule has 102 valence electrons. The first kappa shape index (κ1) is 14.9. The third-order valence-electron chi connectivity index (χ3n) is 2.98. The van der Waals surface area contributed by atoms with E-state index < -0.39 is 11.2 Å². The molecule has 0 saturated heterocycles. The fourth-order valence-electron chi connectivity index (χ4n) is 1.85. The minimum Gasteiger partial charge on any atom is -0.497 e. The molecule has 0 radical (unpaired) electrons. The van der Waals surface area contributed by atoms with E-state index in [-0.39, 0.29) is 18.3 Å². The highest BCUT2D eigenvalue weighted by atomic mass is 16.5. The summed E-state index contributed by atoms with van der Waals surface area (Å²) in [5, 5.41) is 0. The minimum absolute atomic E-state index is 0.0705. The highest BCUT2D eigenvalue weighted by Crippen LogP contribution is 2.38. The lowest BCUT2D eigenvalue weighted by molar-refractivity contribution is -0.128. The van der Waals surface area contributed by atoms with E-state index in [1.165, 1.54) is 13.2 Å². The Labute approximate surface area is 111 Å². The number of rotatable bonds is 7. The molecule has 0 aromatic heterocycles. The Hall–Kier alpha value is -2.17. The van der Waals surface area contributed by atoms with Crippen molar-refractivity contribution in [2.45, 2.75) is 13.3 Å². The molecule has 0 aromatic carbocycles. The molecule has 5 heteroatoms. The maximum Gasteiger partial charge on any atom is 0.222 e. The Morgan fingerprint density at radius 3 is 2.68 bits per heavy atom. The second-order valence-corrected chi connectivity index (χ2v) is 4.05. The molecule has 0 aromatic rings. The summed E-state index contributed by atoms with van der Waals surface area (Å²) >= 11 is 0. The van der Waals surface area contributed by atoms with Gasteiger partial charge in [-0.15, -0.1) is 0 Å². The molecule has 0 fully saturated rings. The van der Waals surface area contributed by atoms with Crippen LogP contribution in [0.15, 0.2) is 35.8 Å². The number of allylic oxidation sites excluding steroid dienone is 4. The van der Waals surface area contributed by atoms with Crippen LogP contribution >= 0.6 is 0 Å². The zero-order valence-electron chi connectivity index (χ0n) is 11.0. The Kier molecular flexibility index (Phi) is 4.80. The van der Waals surface area contributed by atoms with Crippen molar-refractivity contribution in [1.29, 1.82) is 0 Å². The molecule has 1 aliphatic rings. The molecule has 0 spiro atoms. The number of ketones is 1. The molecular formula is C14H16O5. The van der Waals surface area contributed by atoms with Crippen molar-refractivity contribution >= 4 is 18.4 Å². The third kappa shape index (κ3) is 2.81. The quantitative estimate of drug-likeness (QED) is 0.394. The van der Waals surface area contributed by atoms with Gasteiger partial charge in [0.2, 0.25) is 5.78 Å². The number of hydrogen-bond donors (Lipinski definition) is 0. The molecular weight excluding hydrogens is 248 g/mol. The van der Waals surface area contributed by atoms with Gasteiger partial charge in [-0.3, -0.25) is 9.59 Å². The molecule has 5 nitrogen and oxygen atoms in total. The summed E-state index contributed by atoms with van der Waals surface area (Å²) in [4.78, 5) is 33.3. The molecule has 0 aliphatic heterocycles. The van der Waals surface area contributed by atoms with Crippen molar-refractivity contribution in [3.63, 3.8) is 0 Å². The molecule has 0 bridgehead atoms. The summed E-state index contributed by atoms with van der Waals surface area (Å²) in [6.45, 7) is 5.83. The number of methoxy groups -OCH3 is 1. The first-order valence-electron chi connectivity index (χ1n) is 5.79. The average molecular weight is 264 g/mol. The molecule has 0 heterocycles. The summed E-state index contributed by atoms with van der Waals surface area (Å²) in [7, 11) is 1.45. The summed E-state index contributed by atoms with van der Waals surface area (Å²) in [5.41, 5.74) is -1.32. The lowest BCUT2D eigenvalue weighted by Crippen LogP contribution is -2.30. The number of Topliss-reactive ketones (excluding diaryl/α,β-unsaturated/α-hetero) is 1. The summed E-state index contributed by atoms with van der Waals surface area (Å²) in [6.07, 6.45) is 3.92. The average Bonchev–Trinajstić information content (AvgIpc) is 2.46. The minimum atomic E-state index is -1.25. The maximum atomic E-state index is 11.4. The number of hydrogen-bond acceptors (Lipinski definition) is 5. The highest BCUT2D eigenvalue weighted by Gasteiger charge is 2.38. The van der Waals surface area contributed by atoms with Gasteiger partial charge in [0.25, 0.3) is 0 Å². The lowest BCUT2D eigenvalue weighted by atomic mass is 9.74. The van der Waals surface area contributed by atoms with E-state index in [2.05, 4.69) is 6.58 Å². The van der Waals surface area contributed by atoms with Gasteiger partial charge in [0.05, 0.1) is 19.1 Å². The summed E-state index contributed by atoms with van der Waals surface area (Å²) in [6, 6.07) is 0. The Morgan fingerprint density at radius 2 is 2.21 bits per heavy atom. The molecule has 0 N–H and O–H groups in total. The second-order valence-electron chi connectivity index (χ2n) is 4.05. The van der Waals surface area contributed by atoms with E-state index in [0.29, 0.717) is 24.4 Å². The van der Waals surface area contributed by atoms with Crippen molar-refractivity contribution < 1.29 is 23.9 Å². The van der Waals surface area contributed by atoms with E-state index in [1.54, 1.807) is 6.08 Å². The van der Waals surface area contributed by atoms with E-state index in [0.717, 1.165) is 0 Å². The Balaban J connectivity index is 3.13. The lowest BCUT2D eigenvalue weighted by Gasteiger charge is -2.29. The highest BCUT2D eigenvalue weighted by molar-refractivity contribution is 6.34. The van der Waals surface area contributed by atoms with E-state index in [4.69, 9.17) is 9.47 Å². The van der Waals surface area contributed by atoms with Crippen molar-refractivity contribution in [3.8, 4) is 0 Å². The van der Waals surface area contributed by atoms with Crippen LogP contribution < -0.4 is 0 Å². The van der Waals surface area contributed by atoms with Gasteiger partial charge in [-0.25, -0.2) is 0 Å². The van der Waals surface area contributed by atoms with E-state index >= 15 is 0 Å². The zero-order chi connectivity index (χ0) is 14.5. The molecule has 19 heavy (non-hydrogen) atoms. The first-order valence-corrected chi connectivity index (χ1v) is 5.79. The van der Waals surface area contributed by atoms with Gasteiger partial charge in [0, 0.05) is 12.0 Å². The van der Waals surface area contributed by atoms with Crippen molar-refractivity contribution in [1.82, 2.24) is 0 Å². The molecule has 1 rings (SSSR count). The van der Waals surface area contributed by atoms with Crippen LogP contribution in [0.2, 0.25) is 0 Å². The van der Waals surface area contributed by atoms with E-state index in [9.17, 15) is 14.4 Å². The van der Waals surface area contributed by atoms with Gasteiger partial charge in [-0.05, 0) is 13.0 Å². The molecule has 0 saturated carbocycles. The van der Waals surface area contributed by atoms with Crippen LogP contribution in [0.5, 0.6) is 0 Å². The fraction of sp³-hybridized carbons (Fsp3) is 0.357. The monoisotopic (exact) mass is 264 g/mol. The summed E-state index contributed by atoms with van der Waals surface area (Å²) in [5.74, 6) is 0.150. The standard InChI is InChI=1S/C14H16O5/c1-4-19-12-5-6-14(9-16,7-13(12)18-3)10(2)11(17)8-15/h5-6,8-9H,2,4,7H2,1,3H3/t14-/m0/s1. The van der Waals surface area contributed by atoms with Crippen LogP contribution in [-0.2, 0) is 23.9 Å². The fourth-order valence-corrected chi connectivity index (χ4v) is 1.85. The second kappa shape index (κ2) is 6.13. The van der Waals surface area contributed by atoms with Gasteiger partial charge < -0.3 is 14.3 Å². The van der Waals surface area contributed by atoms with Gasteiger partial charge in [0.15, 0.2) is 12.0 Å². The third-order valence-corrected chi connectivity index (χ3v) is 2.98. The molecule has 1 aliphatic carbocycles. The van der Waals surface area contributed by atoms with Crippen molar-refractivity contribution in [2.24, 2.45) is 5.41 Å². The maximum absolute atomic E-state index is 11.4. The van der Waals surface area contributed by atoms with Crippen LogP contribution in [0.1, 0.15) is 13.3 Å². The molecule has 0 unspecified atom stereocenters. The normalized spacial score (nSPS) is 21.8. The number of ether oxygens (including phenoxy) is 2. The molecule has 1 atom stereocenters. The number of carbonyl (C=O) groups is 3. The topological polar surface area (TPSA) is 69.7 Å². The van der Waals surface area contributed by atoms with Gasteiger partial charge in [-0.1, -0.05) is 12.7 Å². The van der Waals surface area contributed by atoms with Crippen LogP contribution in [-0.4, -0.2) is 32.1 Å². The Bertz CT molecular complexity index is 472. The smallest absolute Gasteiger partial charge is 0.222 e. The first-order chi connectivity index (χ1) is 9.04. The largest absolute Gasteiger partial charge is 0.497 e. The van der Waals surface area contributed by atoms with E-state index in [1.807, 2.05) is 6.92 Å². The van der Waals surface area contributed by atoms with Crippen LogP contribution in [0.25, 0.3) is 0 Å². The predicted octanol–water partition coefficient (Wildman–Crippen LogP) is 1.35. The van der Waals surface area contributed by atoms with Crippen molar-refractivity contribution in [3.05, 3.63) is 35.8 Å². The van der Waals surface area contributed by atoms with Gasteiger partial charge in [-0.2, -0.15) is 0 Å². The van der Waals surface area contributed by atoms with Crippen LogP contribution in [0.3, 0.4) is 0 Å². The van der Waals surface area contributed by atoms with Crippen LogP contribution in [0, 0.1) is 5.41 Å². The van der Waals surface area contributed by atoms with Gasteiger partial charge in [0.1, 0.15) is 12.0 Å². The summed E-state index contributed by atoms with van der Waals surface area (Å²) < 4.78 is 10.5. The number of aldehydes is 2. The van der Waals surface area contributed by atoms with Crippen molar-refractivity contribution in [2.75, 3.05) is 13.7 Å². The van der Waals surface area contributed by atoms with Gasteiger partial charge >= 0.3 is 0 Å². The van der Waals surface area contributed by atoms with Crippen LogP contribution in [0.4, 0.5) is 0 Å². The molecule has 0 amide bonds. The Morgan fingerprint density at radius 1 is 1.53 bits per heavy atom. The number of carbonyl (C=O) groups excluding carboxylic acids is 3. The predicted molar refractivity (Wildman–Crippen MR) is 68.1 cm³/mol.